The van der Waals surface area contributed by atoms with E-state index < -0.39 is 0 Å². The zero-order valence-electron chi connectivity index (χ0n) is 7.75. The summed E-state index contributed by atoms with van der Waals surface area (Å²) in [5, 5.41) is 0. The van der Waals surface area contributed by atoms with Crippen LogP contribution in [0.3, 0.4) is 0 Å². The van der Waals surface area contributed by atoms with Gasteiger partial charge in [-0.15, -0.1) is 0 Å². The van der Waals surface area contributed by atoms with Gasteiger partial charge in [0.15, 0.2) is 0 Å². The average molecular weight is 289 g/mol. The third-order valence-corrected chi connectivity index (χ3v) is 2.64. The minimum absolute atomic E-state index is 0.183. The number of hydrogen-bond acceptors (Lipinski definition) is 2. The molecule has 0 amide bonds. The van der Waals surface area contributed by atoms with E-state index in [1.807, 2.05) is 36.2 Å². The predicted octanol–water partition coefficient (Wildman–Crippen LogP) is 2.32. The lowest BCUT2D eigenvalue weighted by atomic mass is 10.3. The average Bonchev–Trinajstić information content (AvgIpc) is 2.03. The van der Waals surface area contributed by atoms with Gasteiger partial charge in [-0.25, -0.2) is 0 Å². The van der Waals surface area contributed by atoms with Crippen LogP contribution < -0.4 is 4.90 Å². The Morgan fingerprint density at radius 1 is 1.46 bits per heavy atom. The van der Waals surface area contributed by atoms with Crippen LogP contribution in [-0.4, -0.2) is 19.4 Å². The van der Waals surface area contributed by atoms with E-state index in [0.717, 1.165) is 5.69 Å². The number of carbonyl (C=O) groups excluding carboxylic acids is 1. The number of nitrogens with zero attached hydrogens (tertiary/aromatic N) is 1. The molecule has 70 valence electrons. The highest BCUT2D eigenvalue weighted by Crippen LogP contribution is 2.20. The maximum absolute atomic E-state index is 10.9. The molecule has 0 atom stereocenters. The molecule has 0 aliphatic carbocycles. The Kier molecular flexibility index (Phi) is 3.71. The molecule has 0 unspecified atom stereocenters. The van der Waals surface area contributed by atoms with Crippen LogP contribution in [0.5, 0.6) is 0 Å². The Morgan fingerprint density at radius 2 is 2.08 bits per heavy atom. The van der Waals surface area contributed by atoms with Crippen molar-refractivity contribution in [3.05, 3.63) is 27.8 Å². The van der Waals surface area contributed by atoms with Crippen molar-refractivity contribution in [1.82, 2.24) is 0 Å². The van der Waals surface area contributed by atoms with Gasteiger partial charge in [0.05, 0.1) is 12.2 Å². The smallest absolute Gasteiger partial charge is 0.149 e. The predicted molar refractivity (Wildman–Crippen MR) is 63.1 cm³/mol. The molecule has 1 aromatic carbocycles. The van der Waals surface area contributed by atoms with E-state index in [2.05, 4.69) is 22.6 Å². The number of Topliss-reactive ketones (excluding diaryl/α,β-unsaturated/α-hetero) is 1. The van der Waals surface area contributed by atoms with Crippen LogP contribution in [0, 0.1) is 3.57 Å². The number of halogens is 1. The van der Waals surface area contributed by atoms with Gasteiger partial charge in [0.2, 0.25) is 0 Å². The van der Waals surface area contributed by atoms with Crippen molar-refractivity contribution in [2.24, 2.45) is 0 Å². The zero-order valence-corrected chi connectivity index (χ0v) is 9.91. The van der Waals surface area contributed by atoms with Crippen molar-refractivity contribution in [3.63, 3.8) is 0 Å². The molecule has 0 N–H and O–H groups in total. The Bertz CT molecular complexity index is 312. The second-order valence-corrected chi connectivity index (χ2v) is 4.17. The number of likely N-dealkylation sites (N-methyl/N-ethyl adjacent to an activating group) is 1. The molecule has 0 heterocycles. The van der Waals surface area contributed by atoms with E-state index in [0.29, 0.717) is 6.54 Å². The van der Waals surface area contributed by atoms with Crippen LogP contribution >= 0.6 is 22.6 Å². The van der Waals surface area contributed by atoms with Gasteiger partial charge in [0.25, 0.3) is 0 Å². The highest BCUT2D eigenvalue weighted by molar-refractivity contribution is 14.1. The summed E-state index contributed by atoms with van der Waals surface area (Å²) in [6.07, 6.45) is 0. The molecule has 2 nitrogen and oxygen atoms in total. The lowest BCUT2D eigenvalue weighted by molar-refractivity contribution is -0.115. The summed E-state index contributed by atoms with van der Waals surface area (Å²) in [5.41, 5.74) is 1.11. The molecule has 0 aliphatic rings. The Morgan fingerprint density at radius 3 is 2.62 bits per heavy atom. The molecule has 0 bridgehead atoms. The number of para-hydroxylation sites is 1. The third-order valence-electron chi connectivity index (χ3n) is 1.72. The second kappa shape index (κ2) is 4.60. The first-order valence-corrected chi connectivity index (χ1v) is 5.14. The first-order valence-electron chi connectivity index (χ1n) is 4.06. The van der Waals surface area contributed by atoms with Gasteiger partial charge in [0.1, 0.15) is 5.78 Å². The lowest BCUT2D eigenvalue weighted by Gasteiger charge is -2.18. The van der Waals surface area contributed by atoms with E-state index in [4.69, 9.17) is 0 Å². The summed E-state index contributed by atoms with van der Waals surface area (Å²) >= 11 is 2.27. The minimum atomic E-state index is 0.183. The molecule has 0 fully saturated rings. The van der Waals surface area contributed by atoms with Crippen molar-refractivity contribution in [3.8, 4) is 0 Å². The molecular formula is C10H12INO. The standard InChI is InChI=1S/C10H12INO/c1-8(13)7-12(2)10-6-4-3-5-9(10)11/h3-6H,7H2,1-2H3. The van der Waals surface area contributed by atoms with Crippen molar-refractivity contribution in [2.45, 2.75) is 6.92 Å². The van der Waals surface area contributed by atoms with Crippen LogP contribution in [0.25, 0.3) is 0 Å². The first kappa shape index (κ1) is 10.5. The van der Waals surface area contributed by atoms with Crippen LogP contribution in [-0.2, 0) is 4.79 Å². The fraction of sp³-hybridized carbons (Fsp3) is 0.300. The van der Waals surface area contributed by atoms with Gasteiger partial charge in [-0.1, -0.05) is 12.1 Å². The van der Waals surface area contributed by atoms with Crippen LogP contribution in [0.1, 0.15) is 6.92 Å². The summed E-state index contributed by atoms with van der Waals surface area (Å²) in [6, 6.07) is 8.03. The number of anilines is 1. The van der Waals surface area contributed by atoms with Crippen LogP contribution in [0.15, 0.2) is 24.3 Å². The minimum Gasteiger partial charge on any atom is -0.366 e. The van der Waals surface area contributed by atoms with E-state index in [1.54, 1.807) is 6.92 Å². The first-order chi connectivity index (χ1) is 6.11. The molecule has 0 aliphatic heterocycles. The molecule has 3 heteroatoms. The zero-order chi connectivity index (χ0) is 9.84. The Hall–Kier alpha value is -0.580. The van der Waals surface area contributed by atoms with Gasteiger partial charge in [-0.3, -0.25) is 4.79 Å². The van der Waals surface area contributed by atoms with E-state index in [1.165, 1.54) is 3.57 Å². The number of benzene rings is 1. The molecule has 0 saturated carbocycles. The van der Waals surface area contributed by atoms with Crippen molar-refractivity contribution in [2.75, 3.05) is 18.5 Å². The van der Waals surface area contributed by atoms with E-state index in [9.17, 15) is 4.79 Å². The van der Waals surface area contributed by atoms with E-state index >= 15 is 0 Å². The van der Waals surface area contributed by atoms with Gasteiger partial charge in [0, 0.05) is 10.6 Å². The maximum Gasteiger partial charge on any atom is 0.149 e. The molecule has 13 heavy (non-hydrogen) atoms. The molecule has 0 radical (unpaired) electrons. The monoisotopic (exact) mass is 289 g/mol. The van der Waals surface area contributed by atoms with Gasteiger partial charge >= 0.3 is 0 Å². The number of rotatable bonds is 3. The molecule has 0 spiro atoms. The van der Waals surface area contributed by atoms with Gasteiger partial charge in [-0.05, 0) is 41.6 Å². The number of ketones is 1. The largest absolute Gasteiger partial charge is 0.366 e. The van der Waals surface area contributed by atoms with Crippen LogP contribution in [0.4, 0.5) is 5.69 Å². The maximum atomic E-state index is 10.9. The van der Waals surface area contributed by atoms with Crippen molar-refractivity contribution in [1.29, 1.82) is 0 Å². The fourth-order valence-electron chi connectivity index (χ4n) is 1.18. The van der Waals surface area contributed by atoms with Crippen molar-refractivity contribution >= 4 is 34.1 Å². The molecule has 0 saturated heterocycles. The summed E-state index contributed by atoms with van der Waals surface area (Å²) < 4.78 is 1.17. The summed E-state index contributed by atoms with van der Waals surface area (Å²) in [4.78, 5) is 12.9. The second-order valence-electron chi connectivity index (χ2n) is 3.01. The third kappa shape index (κ3) is 2.99. The highest BCUT2D eigenvalue weighted by Gasteiger charge is 2.05. The molecule has 1 aromatic rings. The molecule has 0 aromatic heterocycles. The normalized spacial score (nSPS) is 9.77. The van der Waals surface area contributed by atoms with Gasteiger partial charge < -0.3 is 4.90 Å². The summed E-state index contributed by atoms with van der Waals surface area (Å²) in [7, 11) is 1.93. The SMILES string of the molecule is CC(=O)CN(C)c1ccccc1I. The quantitative estimate of drug-likeness (QED) is 0.796. The summed E-state index contributed by atoms with van der Waals surface area (Å²) in [5.74, 6) is 0.183. The highest BCUT2D eigenvalue weighted by atomic mass is 127. The summed E-state index contributed by atoms with van der Waals surface area (Å²) in [6.45, 7) is 2.08. The molecular weight excluding hydrogens is 277 g/mol. The Labute approximate surface area is 92.1 Å². The Balaban J connectivity index is 2.82. The molecule has 1 rings (SSSR count). The fourth-order valence-corrected chi connectivity index (χ4v) is 1.98. The van der Waals surface area contributed by atoms with E-state index in [-0.39, 0.29) is 5.78 Å². The number of hydrogen-bond donors (Lipinski definition) is 0. The van der Waals surface area contributed by atoms with Gasteiger partial charge in [-0.2, -0.15) is 0 Å². The van der Waals surface area contributed by atoms with Crippen molar-refractivity contribution < 1.29 is 4.79 Å². The topological polar surface area (TPSA) is 20.3 Å². The van der Waals surface area contributed by atoms with Crippen LogP contribution in [0.2, 0.25) is 0 Å². The number of carbonyl (C=O) groups is 1. The lowest BCUT2D eigenvalue weighted by Crippen LogP contribution is -2.24.